The van der Waals surface area contributed by atoms with Crippen molar-refractivity contribution in [2.45, 2.75) is 26.7 Å². The van der Waals surface area contributed by atoms with E-state index in [0.717, 1.165) is 5.75 Å². The number of aryl methyl sites for hydroxylation is 1. The van der Waals surface area contributed by atoms with E-state index >= 15 is 0 Å². The number of benzene rings is 1. The van der Waals surface area contributed by atoms with Gasteiger partial charge in [0.25, 0.3) is 0 Å². The number of methoxy groups -OCH3 is 1. The van der Waals surface area contributed by atoms with E-state index in [2.05, 4.69) is 32.9 Å². The largest absolute Gasteiger partial charge is 0.497 e. The molecule has 1 heteroatoms. The van der Waals surface area contributed by atoms with Crippen molar-refractivity contribution >= 4 is 0 Å². The first-order chi connectivity index (χ1) is 5.65. The SMILES string of the molecule is COc1ccc(C(C)C)c(C)c1. The Morgan fingerprint density at radius 1 is 1.25 bits per heavy atom. The summed E-state index contributed by atoms with van der Waals surface area (Å²) in [6, 6.07) is 6.23. The van der Waals surface area contributed by atoms with Gasteiger partial charge in [-0.2, -0.15) is 0 Å². The number of ether oxygens (including phenoxy) is 1. The van der Waals surface area contributed by atoms with Crippen LogP contribution >= 0.6 is 0 Å². The van der Waals surface area contributed by atoms with Gasteiger partial charge < -0.3 is 4.74 Å². The Morgan fingerprint density at radius 2 is 1.92 bits per heavy atom. The topological polar surface area (TPSA) is 9.23 Å². The molecule has 12 heavy (non-hydrogen) atoms. The Hall–Kier alpha value is -0.980. The summed E-state index contributed by atoms with van der Waals surface area (Å²) in [5.41, 5.74) is 2.71. The van der Waals surface area contributed by atoms with Crippen LogP contribution in [0.2, 0.25) is 0 Å². The Labute approximate surface area is 74.4 Å². The fourth-order valence-corrected chi connectivity index (χ4v) is 1.42. The summed E-state index contributed by atoms with van der Waals surface area (Å²) >= 11 is 0. The lowest BCUT2D eigenvalue weighted by atomic mass is 9.98. The van der Waals surface area contributed by atoms with Gasteiger partial charge in [-0.3, -0.25) is 0 Å². The molecule has 0 aromatic heterocycles. The van der Waals surface area contributed by atoms with Crippen LogP contribution in [-0.2, 0) is 0 Å². The lowest BCUT2D eigenvalue weighted by molar-refractivity contribution is 0.414. The monoisotopic (exact) mass is 164 g/mol. The van der Waals surface area contributed by atoms with Crippen molar-refractivity contribution < 1.29 is 4.74 Å². The lowest BCUT2D eigenvalue weighted by Crippen LogP contribution is -1.92. The molecule has 1 aromatic rings. The van der Waals surface area contributed by atoms with Crippen molar-refractivity contribution in [3.8, 4) is 5.75 Å². The van der Waals surface area contributed by atoms with Crippen LogP contribution in [-0.4, -0.2) is 7.11 Å². The molecule has 0 N–H and O–H groups in total. The van der Waals surface area contributed by atoms with Crippen molar-refractivity contribution in [2.24, 2.45) is 0 Å². The summed E-state index contributed by atoms with van der Waals surface area (Å²) < 4.78 is 5.13. The Bertz CT molecular complexity index is 264. The third-order valence-electron chi connectivity index (χ3n) is 2.10. The van der Waals surface area contributed by atoms with Gasteiger partial charge in [0.05, 0.1) is 7.11 Å². The summed E-state index contributed by atoms with van der Waals surface area (Å²) in [5.74, 6) is 1.54. The lowest BCUT2D eigenvalue weighted by Gasteiger charge is -2.10. The minimum absolute atomic E-state index is 0.593. The molecule has 1 rings (SSSR count). The highest BCUT2D eigenvalue weighted by atomic mass is 16.5. The minimum Gasteiger partial charge on any atom is -0.497 e. The molecule has 1 aromatic carbocycles. The van der Waals surface area contributed by atoms with E-state index in [9.17, 15) is 0 Å². The van der Waals surface area contributed by atoms with E-state index in [-0.39, 0.29) is 0 Å². The molecule has 0 aliphatic heterocycles. The summed E-state index contributed by atoms with van der Waals surface area (Å²) in [7, 11) is 1.70. The second-order valence-corrected chi connectivity index (χ2v) is 3.38. The zero-order valence-corrected chi connectivity index (χ0v) is 8.22. The van der Waals surface area contributed by atoms with Crippen LogP contribution in [0.1, 0.15) is 30.9 Å². The molecule has 1 nitrogen and oxygen atoms in total. The van der Waals surface area contributed by atoms with E-state index in [1.165, 1.54) is 11.1 Å². The smallest absolute Gasteiger partial charge is 0.119 e. The maximum absolute atomic E-state index is 5.13. The van der Waals surface area contributed by atoms with Crippen LogP contribution in [0, 0.1) is 6.92 Å². The van der Waals surface area contributed by atoms with E-state index in [0.29, 0.717) is 5.92 Å². The molecular weight excluding hydrogens is 148 g/mol. The Kier molecular flexibility index (Phi) is 2.74. The fourth-order valence-electron chi connectivity index (χ4n) is 1.42. The molecule has 0 fully saturated rings. The van der Waals surface area contributed by atoms with E-state index in [1.54, 1.807) is 7.11 Å². The molecule has 66 valence electrons. The van der Waals surface area contributed by atoms with Crippen molar-refractivity contribution in [1.82, 2.24) is 0 Å². The molecule has 0 radical (unpaired) electrons. The molecule has 0 saturated carbocycles. The molecule has 0 aliphatic rings. The zero-order chi connectivity index (χ0) is 9.14. The predicted octanol–water partition coefficient (Wildman–Crippen LogP) is 3.13. The number of hydrogen-bond donors (Lipinski definition) is 0. The van der Waals surface area contributed by atoms with Crippen LogP contribution in [0.5, 0.6) is 5.75 Å². The highest BCUT2D eigenvalue weighted by Crippen LogP contribution is 2.22. The van der Waals surface area contributed by atoms with Gasteiger partial charge >= 0.3 is 0 Å². The first kappa shape index (κ1) is 9.11. The third kappa shape index (κ3) is 1.79. The van der Waals surface area contributed by atoms with Crippen LogP contribution in [0.4, 0.5) is 0 Å². The van der Waals surface area contributed by atoms with Crippen LogP contribution < -0.4 is 4.74 Å². The summed E-state index contributed by atoms with van der Waals surface area (Å²) in [6.45, 7) is 6.53. The average Bonchev–Trinajstić information content (AvgIpc) is 2.03. The second-order valence-electron chi connectivity index (χ2n) is 3.38. The molecule has 0 atom stereocenters. The van der Waals surface area contributed by atoms with E-state index < -0.39 is 0 Å². The molecule has 0 bridgehead atoms. The minimum atomic E-state index is 0.593. The predicted molar refractivity (Wildman–Crippen MR) is 51.8 cm³/mol. The highest BCUT2D eigenvalue weighted by molar-refractivity contribution is 5.36. The zero-order valence-electron chi connectivity index (χ0n) is 8.22. The third-order valence-corrected chi connectivity index (χ3v) is 2.10. The van der Waals surface area contributed by atoms with Gasteiger partial charge in [-0.1, -0.05) is 19.9 Å². The van der Waals surface area contributed by atoms with E-state index in [4.69, 9.17) is 4.74 Å². The fraction of sp³-hybridized carbons (Fsp3) is 0.455. The van der Waals surface area contributed by atoms with Gasteiger partial charge in [-0.15, -0.1) is 0 Å². The van der Waals surface area contributed by atoms with Gasteiger partial charge in [0, 0.05) is 0 Å². The standard InChI is InChI=1S/C11H16O/c1-8(2)11-6-5-10(12-4)7-9(11)3/h5-8H,1-4H3. The van der Waals surface area contributed by atoms with Crippen molar-refractivity contribution in [2.75, 3.05) is 7.11 Å². The van der Waals surface area contributed by atoms with Gasteiger partial charge in [0.1, 0.15) is 5.75 Å². The normalized spacial score (nSPS) is 10.4. The van der Waals surface area contributed by atoms with Crippen molar-refractivity contribution in [3.63, 3.8) is 0 Å². The molecule has 0 heterocycles. The highest BCUT2D eigenvalue weighted by Gasteiger charge is 2.03. The van der Waals surface area contributed by atoms with Gasteiger partial charge in [-0.25, -0.2) is 0 Å². The molecular formula is C11H16O. The van der Waals surface area contributed by atoms with Crippen LogP contribution in [0.25, 0.3) is 0 Å². The first-order valence-electron chi connectivity index (χ1n) is 4.29. The molecule has 0 aliphatic carbocycles. The van der Waals surface area contributed by atoms with Crippen molar-refractivity contribution in [1.29, 1.82) is 0 Å². The summed E-state index contributed by atoms with van der Waals surface area (Å²) in [5, 5.41) is 0. The summed E-state index contributed by atoms with van der Waals surface area (Å²) in [4.78, 5) is 0. The second kappa shape index (κ2) is 3.61. The van der Waals surface area contributed by atoms with Gasteiger partial charge in [0.15, 0.2) is 0 Å². The average molecular weight is 164 g/mol. The Morgan fingerprint density at radius 3 is 2.33 bits per heavy atom. The maximum atomic E-state index is 5.13. The Balaban J connectivity index is 3.03. The van der Waals surface area contributed by atoms with Crippen LogP contribution in [0.15, 0.2) is 18.2 Å². The molecule has 0 unspecified atom stereocenters. The number of rotatable bonds is 2. The molecule has 0 saturated heterocycles. The van der Waals surface area contributed by atoms with Gasteiger partial charge in [-0.05, 0) is 36.1 Å². The quantitative estimate of drug-likeness (QED) is 0.652. The number of hydrogen-bond acceptors (Lipinski definition) is 1. The first-order valence-corrected chi connectivity index (χ1v) is 4.29. The van der Waals surface area contributed by atoms with Crippen LogP contribution in [0.3, 0.4) is 0 Å². The van der Waals surface area contributed by atoms with Crippen molar-refractivity contribution in [3.05, 3.63) is 29.3 Å². The summed E-state index contributed by atoms with van der Waals surface area (Å²) in [6.07, 6.45) is 0. The molecule has 0 amide bonds. The maximum Gasteiger partial charge on any atom is 0.119 e. The molecule has 0 spiro atoms. The van der Waals surface area contributed by atoms with E-state index in [1.807, 2.05) is 6.07 Å². The van der Waals surface area contributed by atoms with Gasteiger partial charge in [0.2, 0.25) is 0 Å².